The highest BCUT2D eigenvalue weighted by Crippen LogP contribution is 2.61. The molecule has 6 nitrogen and oxygen atoms in total. The molecule has 6 heteroatoms. The van der Waals surface area contributed by atoms with Crippen LogP contribution in [0.25, 0.3) is 0 Å². The Kier molecular flexibility index (Phi) is 4.31. The topological polar surface area (TPSA) is 78.9 Å². The fourth-order valence-electron chi connectivity index (χ4n) is 5.07. The Hall–Kier alpha value is -2.37. The third-order valence-corrected chi connectivity index (χ3v) is 5.50. The molecular weight excluding hydrogens is 324 g/mol. The molecule has 0 radical (unpaired) electrons. The molecule has 0 spiro atoms. The second-order valence-corrected chi connectivity index (χ2v) is 7.24. The van der Waals surface area contributed by atoms with Crippen LogP contribution in [0.1, 0.15) is 32.1 Å². The molecule has 0 aromatic carbocycles. The van der Waals surface area contributed by atoms with E-state index in [-0.39, 0.29) is 17.9 Å². The van der Waals surface area contributed by atoms with E-state index >= 15 is 0 Å². The van der Waals surface area contributed by atoms with Gasteiger partial charge in [0.25, 0.3) is 0 Å². The van der Waals surface area contributed by atoms with E-state index in [1.807, 2.05) is 0 Å². The Balaban J connectivity index is 1.89. The van der Waals surface area contributed by atoms with Crippen LogP contribution >= 0.6 is 0 Å². The van der Waals surface area contributed by atoms with Crippen molar-refractivity contribution in [2.75, 3.05) is 0 Å². The smallest absolute Gasteiger partial charge is 0.330 e. The van der Waals surface area contributed by atoms with Gasteiger partial charge in [0.05, 0.1) is 0 Å². The molecule has 4 fully saturated rings. The summed E-state index contributed by atoms with van der Waals surface area (Å²) in [6, 6.07) is 0. The lowest BCUT2D eigenvalue weighted by atomic mass is 9.51. The predicted octanol–water partition coefficient (Wildman–Crippen LogP) is 2.24. The monoisotopic (exact) mass is 346 g/mol. The summed E-state index contributed by atoms with van der Waals surface area (Å²) in [6.45, 7) is 10.3. The second-order valence-electron chi connectivity index (χ2n) is 7.24. The first-order valence-electron chi connectivity index (χ1n) is 8.38. The lowest BCUT2D eigenvalue weighted by Gasteiger charge is -2.62. The van der Waals surface area contributed by atoms with Gasteiger partial charge >= 0.3 is 17.9 Å². The van der Waals surface area contributed by atoms with Crippen LogP contribution < -0.4 is 0 Å². The van der Waals surface area contributed by atoms with Gasteiger partial charge in [0, 0.05) is 36.5 Å². The van der Waals surface area contributed by atoms with Crippen molar-refractivity contribution in [1.29, 1.82) is 0 Å². The number of hydrogen-bond donors (Lipinski definition) is 0. The maximum atomic E-state index is 11.8. The molecule has 0 saturated heterocycles. The van der Waals surface area contributed by atoms with Gasteiger partial charge in [-0.25, -0.2) is 14.4 Å². The first kappa shape index (κ1) is 17.5. The fraction of sp³-hybridized carbons (Fsp3) is 0.526. The van der Waals surface area contributed by atoms with Crippen LogP contribution in [-0.2, 0) is 28.6 Å². The van der Waals surface area contributed by atoms with Crippen LogP contribution in [0.15, 0.2) is 38.0 Å². The molecule has 0 aromatic rings. The Labute approximate surface area is 146 Å². The quantitative estimate of drug-likeness (QED) is 0.417. The molecule has 0 atom stereocenters. The lowest BCUT2D eigenvalue weighted by molar-refractivity contribution is -0.254. The van der Waals surface area contributed by atoms with Crippen molar-refractivity contribution in [2.24, 2.45) is 11.8 Å². The standard InChI is InChI=1S/C19H22O6/c1-4-14(20)23-17-12-7-18(24-15(21)5-2)8-13(17)10-19(9-12,11-18)25-16(22)6-3/h4-6,12-13,17H,1-3,7-11H2. The van der Waals surface area contributed by atoms with Gasteiger partial charge in [0.15, 0.2) is 0 Å². The number of ether oxygens (including phenoxy) is 3. The number of rotatable bonds is 6. The Morgan fingerprint density at radius 1 is 0.760 bits per heavy atom. The van der Waals surface area contributed by atoms with Gasteiger partial charge in [-0.15, -0.1) is 0 Å². The van der Waals surface area contributed by atoms with Gasteiger partial charge < -0.3 is 14.2 Å². The molecule has 4 saturated carbocycles. The maximum absolute atomic E-state index is 11.8. The third kappa shape index (κ3) is 3.13. The van der Waals surface area contributed by atoms with Crippen LogP contribution in [0.3, 0.4) is 0 Å². The molecule has 4 aliphatic rings. The zero-order chi connectivity index (χ0) is 18.2. The zero-order valence-electron chi connectivity index (χ0n) is 14.1. The SMILES string of the molecule is C=CC(=O)OC1C2CC3(OC(=O)C=C)CC1CC(OC(=O)C=C)(C2)C3. The Bertz CT molecular complexity index is 592. The highest BCUT2D eigenvalue weighted by molar-refractivity contribution is 5.82. The molecule has 25 heavy (non-hydrogen) atoms. The third-order valence-electron chi connectivity index (χ3n) is 5.50. The lowest BCUT2D eigenvalue weighted by Crippen LogP contribution is -2.66. The molecule has 0 N–H and O–H groups in total. The molecule has 4 rings (SSSR count). The summed E-state index contributed by atoms with van der Waals surface area (Å²) >= 11 is 0. The van der Waals surface area contributed by atoms with Gasteiger partial charge in [-0.2, -0.15) is 0 Å². The molecule has 0 aromatic heterocycles. The van der Waals surface area contributed by atoms with Crippen LogP contribution in [-0.4, -0.2) is 35.2 Å². The molecule has 0 aliphatic heterocycles. The molecule has 0 heterocycles. The Morgan fingerprint density at radius 2 is 1.16 bits per heavy atom. The molecule has 134 valence electrons. The van der Waals surface area contributed by atoms with Crippen molar-refractivity contribution in [3.63, 3.8) is 0 Å². The molecule has 4 aliphatic carbocycles. The molecule has 4 bridgehead atoms. The van der Waals surface area contributed by atoms with E-state index in [2.05, 4.69) is 19.7 Å². The Morgan fingerprint density at radius 3 is 1.52 bits per heavy atom. The van der Waals surface area contributed by atoms with E-state index in [0.29, 0.717) is 32.1 Å². The van der Waals surface area contributed by atoms with Gasteiger partial charge in [-0.05, 0) is 25.7 Å². The first-order valence-corrected chi connectivity index (χ1v) is 8.38. The van der Waals surface area contributed by atoms with Crippen molar-refractivity contribution in [2.45, 2.75) is 49.4 Å². The van der Waals surface area contributed by atoms with Gasteiger partial charge in [0.1, 0.15) is 17.3 Å². The van der Waals surface area contributed by atoms with Crippen LogP contribution in [0, 0.1) is 11.8 Å². The predicted molar refractivity (Wildman–Crippen MR) is 88.2 cm³/mol. The minimum Gasteiger partial charge on any atom is -0.459 e. The van der Waals surface area contributed by atoms with Crippen molar-refractivity contribution < 1.29 is 28.6 Å². The van der Waals surface area contributed by atoms with E-state index in [1.165, 1.54) is 0 Å². The van der Waals surface area contributed by atoms with Gasteiger partial charge in [-0.3, -0.25) is 0 Å². The molecule has 0 unspecified atom stereocenters. The van der Waals surface area contributed by atoms with Gasteiger partial charge in [-0.1, -0.05) is 19.7 Å². The van der Waals surface area contributed by atoms with E-state index in [0.717, 1.165) is 18.2 Å². The summed E-state index contributed by atoms with van der Waals surface area (Å²) in [5.74, 6) is -1.54. The maximum Gasteiger partial charge on any atom is 0.330 e. The first-order chi connectivity index (χ1) is 11.8. The van der Waals surface area contributed by atoms with Crippen molar-refractivity contribution in [3.8, 4) is 0 Å². The van der Waals surface area contributed by atoms with Crippen molar-refractivity contribution in [1.82, 2.24) is 0 Å². The average molecular weight is 346 g/mol. The van der Waals surface area contributed by atoms with E-state index < -0.39 is 29.1 Å². The molecule has 0 amide bonds. The van der Waals surface area contributed by atoms with E-state index in [1.54, 1.807) is 0 Å². The van der Waals surface area contributed by atoms with Gasteiger partial charge in [0.2, 0.25) is 0 Å². The number of hydrogen-bond acceptors (Lipinski definition) is 6. The summed E-state index contributed by atoms with van der Waals surface area (Å²) in [5.41, 5.74) is -1.43. The summed E-state index contributed by atoms with van der Waals surface area (Å²) in [5, 5.41) is 0. The molecular formula is C19H22O6. The minimum absolute atomic E-state index is 0.0413. The van der Waals surface area contributed by atoms with Crippen molar-refractivity contribution in [3.05, 3.63) is 38.0 Å². The normalized spacial score (nSPS) is 37.7. The number of carbonyl (C=O) groups excluding carboxylic acids is 3. The summed E-state index contributed by atoms with van der Waals surface area (Å²) in [7, 11) is 0. The minimum atomic E-state index is -0.713. The number of carbonyl (C=O) groups is 3. The highest BCUT2D eigenvalue weighted by atomic mass is 16.6. The van der Waals surface area contributed by atoms with Crippen LogP contribution in [0.2, 0.25) is 0 Å². The second kappa shape index (κ2) is 6.17. The number of esters is 3. The van der Waals surface area contributed by atoms with Crippen LogP contribution in [0.5, 0.6) is 0 Å². The summed E-state index contributed by atoms with van der Waals surface area (Å²) in [4.78, 5) is 35.3. The van der Waals surface area contributed by atoms with Crippen molar-refractivity contribution >= 4 is 17.9 Å². The van der Waals surface area contributed by atoms with E-state index in [9.17, 15) is 14.4 Å². The highest BCUT2D eigenvalue weighted by Gasteiger charge is 2.65. The fourth-order valence-corrected chi connectivity index (χ4v) is 5.07. The van der Waals surface area contributed by atoms with Crippen LogP contribution in [0.4, 0.5) is 0 Å². The summed E-state index contributed by atoms with van der Waals surface area (Å²) < 4.78 is 16.9. The summed E-state index contributed by atoms with van der Waals surface area (Å²) in [6.07, 6.45) is 5.89. The average Bonchev–Trinajstić information content (AvgIpc) is 2.56. The van der Waals surface area contributed by atoms with E-state index in [4.69, 9.17) is 14.2 Å². The largest absolute Gasteiger partial charge is 0.459 e. The zero-order valence-corrected chi connectivity index (χ0v) is 14.1.